The van der Waals surface area contributed by atoms with Crippen molar-refractivity contribution in [2.45, 2.75) is 26.2 Å². The quantitative estimate of drug-likeness (QED) is 0.824. The molecule has 3 amide bonds. The van der Waals surface area contributed by atoms with Crippen LogP contribution < -0.4 is 10.6 Å². The van der Waals surface area contributed by atoms with Crippen molar-refractivity contribution in [2.75, 3.05) is 5.32 Å². The number of anilines is 1. The predicted octanol–water partition coefficient (Wildman–Crippen LogP) is 2.71. The molecule has 2 aromatic carbocycles. The van der Waals surface area contributed by atoms with Crippen LogP contribution in [-0.4, -0.2) is 17.7 Å². The number of imide groups is 1. The number of nitrogens with one attached hydrogen (secondary N) is 2. The van der Waals surface area contributed by atoms with E-state index in [1.165, 1.54) is 5.56 Å². The Morgan fingerprint density at radius 1 is 1.04 bits per heavy atom. The number of aryl methyl sites for hydroxylation is 1. The fourth-order valence-electron chi connectivity index (χ4n) is 2.88. The summed E-state index contributed by atoms with van der Waals surface area (Å²) < 4.78 is 0. The van der Waals surface area contributed by atoms with Gasteiger partial charge in [-0.25, -0.2) is 0 Å². The van der Waals surface area contributed by atoms with Gasteiger partial charge < -0.3 is 5.32 Å². The maximum absolute atomic E-state index is 12.3. The van der Waals surface area contributed by atoms with Gasteiger partial charge >= 0.3 is 0 Å². The van der Waals surface area contributed by atoms with Gasteiger partial charge in [0.05, 0.1) is 5.92 Å². The Bertz CT molecular complexity index is 795. The lowest BCUT2D eigenvalue weighted by molar-refractivity contribution is -0.125. The van der Waals surface area contributed by atoms with Crippen LogP contribution >= 0.6 is 0 Å². The smallest absolute Gasteiger partial charge is 0.255 e. The summed E-state index contributed by atoms with van der Waals surface area (Å²) in [6.45, 7) is 2.07. The molecule has 2 aromatic rings. The van der Waals surface area contributed by atoms with Crippen molar-refractivity contribution in [3.63, 3.8) is 0 Å². The largest absolute Gasteiger partial charge is 0.322 e. The summed E-state index contributed by atoms with van der Waals surface area (Å²) in [7, 11) is 0. The molecule has 1 aliphatic rings. The van der Waals surface area contributed by atoms with Crippen LogP contribution in [0.25, 0.3) is 0 Å². The highest BCUT2D eigenvalue weighted by Gasteiger charge is 2.30. The zero-order chi connectivity index (χ0) is 17.8. The maximum atomic E-state index is 12.3. The minimum Gasteiger partial charge on any atom is -0.322 e. The molecule has 1 aliphatic heterocycles. The molecule has 1 atom stereocenters. The molecule has 1 heterocycles. The second-order valence-corrected chi connectivity index (χ2v) is 6.22. The van der Waals surface area contributed by atoms with Gasteiger partial charge in [0.1, 0.15) is 0 Å². The fourth-order valence-corrected chi connectivity index (χ4v) is 2.88. The Kier molecular flexibility index (Phi) is 4.93. The third-order valence-electron chi connectivity index (χ3n) is 4.38. The number of hydrogen-bond acceptors (Lipinski definition) is 3. The first kappa shape index (κ1) is 16.9. The molecule has 3 rings (SSSR count). The van der Waals surface area contributed by atoms with Crippen LogP contribution in [0.2, 0.25) is 0 Å². The first-order valence-electron chi connectivity index (χ1n) is 8.38. The molecule has 0 spiro atoms. The topological polar surface area (TPSA) is 75.3 Å². The highest BCUT2D eigenvalue weighted by Crippen LogP contribution is 2.19. The lowest BCUT2D eigenvalue weighted by atomic mass is 9.98. The van der Waals surface area contributed by atoms with E-state index in [1.807, 2.05) is 48.5 Å². The summed E-state index contributed by atoms with van der Waals surface area (Å²) in [6.07, 6.45) is 1.70. The zero-order valence-electron chi connectivity index (χ0n) is 14.0. The van der Waals surface area contributed by atoms with E-state index in [-0.39, 0.29) is 30.1 Å². The third-order valence-corrected chi connectivity index (χ3v) is 4.38. The minimum absolute atomic E-state index is 0.156. The van der Waals surface area contributed by atoms with Crippen LogP contribution in [0.15, 0.2) is 48.5 Å². The van der Waals surface area contributed by atoms with E-state index < -0.39 is 0 Å². The van der Waals surface area contributed by atoms with Gasteiger partial charge in [-0.1, -0.05) is 31.2 Å². The standard InChI is InChI=1S/C20H20N2O3/c1-2-13-3-7-15(8-4-13)19(24)21-17-9-5-14(6-10-17)11-16-12-18(23)22-20(16)25/h3-10,16H,2,11-12H2,1H3,(H,21,24)(H,22,23,25)/t16-/m0/s1. The van der Waals surface area contributed by atoms with Gasteiger partial charge in [0.15, 0.2) is 0 Å². The molecule has 5 heteroatoms. The summed E-state index contributed by atoms with van der Waals surface area (Å²) in [5, 5.41) is 5.18. The van der Waals surface area contributed by atoms with Gasteiger partial charge in [0, 0.05) is 17.7 Å². The normalized spacial score (nSPS) is 16.6. The number of carbonyl (C=O) groups excluding carboxylic acids is 3. The van der Waals surface area contributed by atoms with Gasteiger partial charge in [-0.05, 0) is 48.2 Å². The monoisotopic (exact) mass is 336 g/mol. The highest BCUT2D eigenvalue weighted by molar-refractivity contribution is 6.04. The number of rotatable bonds is 5. The highest BCUT2D eigenvalue weighted by atomic mass is 16.2. The van der Waals surface area contributed by atoms with Crippen molar-refractivity contribution >= 4 is 23.4 Å². The van der Waals surface area contributed by atoms with Crippen molar-refractivity contribution < 1.29 is 14.4 Å². The van der Waals surface area contributed by atoms with Crippen molar-refractivity contribution in [2.24, 2.45) is 5.92 Å². The number of amides is 3. The van der Waals surface area contributed by atoms with E-state index in [1.54, 1.807) is 0 Å². The maximum Gasteiger partial charge on any atom is 0.255 e. The average Bonchev–Trinajstić information content (AvgIpc) is 2.94. The lowest BCUT2D eigenvalue weighted by Crippen LogP contribution is -2.22. The van der Waals surface area contributed by atoms with Crippen molar-refractivity contribution in [3.8, 4) is 0 Å². The minimum atomic E-state index is -0.301. The Hall–Kier alpha value is -2.95. The second-order valence-electron chi connectivity index (χ2n) is 6.22. The zero-order valence-corrected chi connectivity index (χ0v) is 14.0. The number of carbonyl (C=O) groups is 3. The summed E-state index contributed by atoms with van der Waals surface area (Å²) in [5.41, 5.74) is 3.46. The molecule has 0 radical (unpaired) electrons. The molecule has 0 aromatic heterocycles. The molecule has 2 N–H and O–H groups in total. The Balaban J connectivity index is 1.61. The van der Waals surface area contributed by atoms with Gasteiger partial charge in [-0.15, -0.1) is 0 Å². The molecule has 0 unspecified atom stereocenters. The first-order valence-corrected chi connectivity index (χ1v) is 8.38. The van der Waals surface area contributed by atoms with E-state index in [0.717, 1.165) is 12.0 Å². The van der Waals surface area contributed by atoms with Crippen LogP contribution in [0.3, 0.4) is 0 Å². The van der Waals surface area contributed by atoms with E-state index in [0.29, 0.717) is 17.7 Å². The molecule has 5 nitrogen and oxygen atoms in total. The van der Waals surface area contributed by atoms with Gasteiger partial charge in [0.25, 0.3) is 5.91 Å². The van der Waals surface area contributed by atoms with E-state index in [2.05, 4.69) is 17.6 Å². The van der Waals surface area contributed by atoms with Crippen LogP contribution in [0.1, 0.15) is 34.8 Å². The van der Waals surface area contributed by atoms with Gasteiger partial charge in [-0.2, -0.15) is 0 Å². The second kappa shape index (κ2) is 7.30. The van der Waals surface area contributed by atoms with Crippen LogP contribution in [0.4, 0.5) is 5.69 Å². The van der Waals surface area contributed by atoms with Crippen molar-refractivity contribution in [1.29, 1.82) is 0 Å². The fraction of sp³-hybridized carbons (Fsp3) is 0.250. The predicted molar refractivity (Wildman–Crippen MR) is 95.2 cm³/mol. The summed E-state index contributed by atoms with van der Waals surface area (Å²) in [5.74, 6) is -0.882. The van der Waals surface area contributed by atoms with E-state index in [9.17, 15) is 14.4 Å². The van der Waals surface area contributed by atoms with Gasteiger partial charge in [0.2, 0.25) is 11.8 Å². The van der Waals surface area contributed by atoms with E-state index in [4.69, 9.17) is 0 Å². The number of benzene rings is 2. The van der Waals surface area contributed by atoms with Crippen molar-refractivity contribution in [3.05, 3.63) is 65.2 Å². The molecule has 0 aliphatic carbocycles. The summed E-state index contributed by atoms with van der Waals surface area (Å²) in [4.78, 5) is 35.1. The Morgan fingerprint density at radius 3 is 2.24 bits per heavy atom. The lowest BCUT2D eigenvalue weighted by Gasteiger charge is -2.09. The Morgan fingerprint density at radius 2 is 1.68 bits per heavy atom. The number of hydrogen-bond donors (Lipinski definition) is 2. The van der Waals surface area contributed by atoms with Crippen LogP contribution in [0, 0.1) is 5.92 Å². The summed E-state index contributed by atoms with van der Waals surface area (Å²) in [6, 6.07) is 14.9. The molecule has 1 saturated heterocycles. The molecule has 1 fully saturated rings. The van der Waals surface area contributed by atoms with E-state index >= 15 is 0 Å². The molecule has 128 valence electrons. The van der Waals surface area contributed by atoms with Crippen LogP contribution in [-0.2, 0) is 22.4 Å². The average molecular weight is 336 g/mol. The van der Waals surface area contributed by atoms with Gasteiger partial charge in [-0.3, -0.25) is 19.7 Å². The van der Waals surface area contributed by atoms with Crippen molar-refractivity contribution in [1.82, 2.24) is 5.32 Å². The molecular weight excluding hydrogens is 316 g/mol. The molecule has 0 bridgehead atoms. The third kappa shape index (κ3) is 4.12. The van der Waals surface area contributed by atoms with Crippen LogP contribution in [0.5, 0.6) is 0 Å². The SMILES string of the molecule is CCc1ccc(C(=O)Nc2ccc(C[C@H]3CC(=O)NC3=O)cc2)cc1. The Labute approximate surface area is 146 Å². The molecule has 25 heavy (non-hydrogen) atoms. The summed E-state index contributed by atoms with van der Waals surface area (Å²) >= 11 is 0. The first-order chi connectivity index (χ1) is 12.0. The molecule has 0 saturated carbocycles. The molecular formula is C20H20N2O3.